The largest absolute Gasteiger partial charge is 0.492 e. The molecule has 1 aromatic carbocycles. The molecule has 0 unspecified atom stereocenters. The maximum Gasteiger partial charge on any atom is 0.119 e. The van der Waals surface area contributed by atoms with Crippen LogP contribution >= 0.6 is 0 Å². The minimum Gasteiger partial charge on any atom is -0.492 e. The Morgan fingerprint density at radius 2 is 2.00 bits per heavy atom. The maximum absolute atomic E-state index is 5.64. The molecule has 1 aliphatic rings. The molecular weight excluding hydrogens is 186 g/mol. The zero-order chi connectivity index (χ0) is 10.5. The van der Waals surface area contributed by atoms with Crippen molar-refractivity contribution in [1.29, 1.82) is 0 Å². The second kappa shape index (κ2) is 5.17. The number of benzene rings is 1. The Morgan fingerprint density at radius 3 is 2.67 bits per heavy atom. The van der Waals surface area contributed by atoms with E-state index < -0.39 is 0 Å². The van der Waals surface area contributed by atoms with Crippen LogP contribution in [0.15, 0.2) is 30.3 Å². The SMILES string of the molecule is CCC1CN(CCOc2ccccc2)C1. The third-order valence-corrected chi connectivity index (χ3v) is 3.03. The minimum absolute atomic E-state index is 0.806. The number of hydrogen-bond donors (Lipinski definition) is 0. The summed E-state index contributed by atoms with van der Waals surface area (Å²) in [7, 11) is 0. The summed E-state index contributed by atoms with van der Waals surface area (Å²) in [5, 5.41) is 0. The van der Waals surface area contributed by atoms with Crippen molar-refractivity contribution in [2.45, 2.75) is 13.3 Å². The van der Waals surface area contributed by atoms with Crippen molar-refractivity contribution in [1.82, 2.24) is 4.90 Å². The first kappa shape index (κ1) is 10.5. The highest BCUT2D eigenvalue weighted by molar-refractivity contribution is 5.20. The van der Waals surface area contributed by atoms with Crippen molar-refractivity contribution >= 4 is 0 Å². The highest BCUT2D eigenvalue weighted by Gasteiger charge is 2.23. The van der Waals surface area contributed by atoms with Gasteiger partial charge in [0.15, 0.2) is 0 Å². The highest BCUT2D eigenvalue weighted by atomic mass is 16.5. The summed E-state index contributed by atoms with van der Waals surface area (Å²) in [6, 6.07) is 10.0. The quantitative estimate of drug-likeness (QED) is 0.732. The van der Waals surface area contributed by atoms with E-state index >= 15 is 0 Å². The summed E-state index contributed by atoms with van der Waals surface area (Å²) >= 11 is 0. The second-order valence-electron chi connectivity index (χ2n) is 4.20. The number of nitrogens with zero attached hydrogens (tertiary/aromatic N) is 1. The van der Waals surface area contributed by atoms with E-state index in [1.807, 2.05) is 30.3 Å². The normalized spacial score (nSPS) is 17.4. The van der Waals surface area contributed by atoms with Gasteiger partial charge >= 0.3 is 0 Å². The monoisotopic (exact) mass is 205 g/mol. The molecule has 0 amide bonds. The topological polar surface area (TPSA) is 12.5 Å². The molecular formula is C13H19NO. The minimum atomic E-state index is 0.806. The van der Waals surface area contributed by atoms with Gasteiger partial charge in [-0.15, -0.1) is 0 Å². The molecule has 2 nitrogen and oxygen atoms in total. The molecule has 0 aromatic heterocycles. The molecule has 0 aliphatic carbocycles. The average Bonchev–Trinajstić information content (AvgIpc) is 2.23. The molecule has 0 N–H and O–H groups in total. The van der Waals surface area contributed by atoms with Gasteiger partial charge in [-0.1, -0.05) is 31.5 Å². The molecule has 2 rings (SSSR count). The lowest BCUT2D eigenvalue weighted by Crippen LogP contribution is -2.47. The fraction of sp³-hybridized carbons (Fsp3) is 0.538. The molecule has 82 valence electrons. The molecule has 0 atom stereocenters. The fourth-order valence-electron chi connectivity index (χ4n) is 1.93. The Bertz CT molecular complexity index is 280. The first-order chi connectivity index (χ1) is 7.38. The fourth-order valence-corrected chi connectivity index (χ4v) is 1.93. The van der Waals surface area contributed by atoms with E-state index in [2.05, 4.69) is 11.8 Å². The molecule has 1 aromatic rings. The van der Waals surface area contributed by atoms with Gasteiger partial charge in [-0.05, 0) is 18.1 Å². The molecule has 0 radical (unpaired) electrons. The van der Waals surface area contributed by atoms with E-state index in [0.717, 1.165) is 24.8 Å². The summed E-state index contributed by atoms with van der Waals surface area (Å²) in [4.78, 5) is 2.46. The van der Waals surface area contributed by atoms with Crippen LogP contribution in [-0.2, 0) is 0 Å². The van der Waals surface area contributed by atoms with Crippen LogP contribution in [0.5, 0.6) is 5.75 Å². The predicted molar refractivity (Wildman–Crippen MR) is 62.2 cm³/mol. The summed E-state index contributed by atoms with van der Waals surface area (Å²) in [6.45, 7) is 6.65. The molecule has 1 saturated heterocycles. The highest BCUT2D eigenvalue weighted by Crippen LogP contribution is 2.17. The molecule has 1 heterocycles. The van der Waals surface area contributed by atoms with E-state index in [0.29, 0.717) is 0 Å². The third-order valence-electron chi connectivity index (χ3n) is 3.03. The standard InChI is InChI=1S/C13H19NO/c1-2-12-10-14(11-12)8-9-15-13-6-4-3-5-7-13/h3-7,12H,2,8-11H2,1H3. The van der Waals surface area contributed by atoms with E-state index in [1.165, 1.54) is 19.5 Å². The number of hydrogen-bond acceptors (Lipinski definition) is 2. The molecule has 0 saturated carbocycles. The zero-order valence-electron chi connectivity index (χ0n) is 9.36. The lowest BCUT2D eigenvalue weighted by atomic mass is 9.98. The number of ether oxygens (including phenoxy) is 1. The van der Waals surface area contributed by atoms with Crippen LogP contribution in [0.1, 0.15) is 13.3 Å². The number of likely N-dealkylation sites (tertiary alicyclic amines) is 1. The van der Waals surface area contributed by atoms with E-state index in [4.69, 9.17) is 4.74 Å². The van der Waals surface area contributed by atoms with Crippen molar-refractivity contribution in [2.75, 3.05) is 26.2 Å². The lowest BCUT2D eigenvalue weighted by molar-refractivity contribution is 0.0806. The van der Waals surface area contributed by atoms with Gasteiger partial charge in [0.25, 0.3) is 0 Å². The van der Waals surface area contributed by atoms with Crippen LogP contribution in [0, 0.1) is 5.92 Å². The smallest absolute Gasteiger partial charge is 0.119 e. The van der Waals surface area contributed by atoms with Crippen LogP contribution in [0.4, 0.5) is 0 Å². The van der Waals surface area contributed by atoms with Crippen molar-refractivity contribution in [2.24, 2.45) is 5.92 Å². The van der Waals surface area contributed by atoms with Crippen LogP contribution in [-0.4, -0.2) is 31.1 Å². The summed E-state index contributed by atoms with van der Waals surface area (Å²) in [5.74, 6) is 1.91. The maximum atomic E-state index is 5.64. The van der Waals surface area contributed by atoms with E-state index in [-0.39, 0.29) is 0 Å². The van der Waals surface area contributed by atoms with Gasteiger partial charge in [0.05, 0.1) is 0 Å². The Morgan fingerprint density at radius 1 is 1.27 bits per heavy atom. The van der Waals surface area contributed by atoms with Gasteiger partial charge in [-0.2, -0.15) is 0 Å². The number of para-hydroxylation sites is 1. The first-order valence-corrected chi connectivity index (χ1v) is 5.78. The van der Waals surface area contributed by atoms with Gasteiger partial charge in [-0.25, -0.2) is 0 Å². The Balaban J connectivity index is 1.60. The molecule has 15 heavy (non-hydrogen) atoms. The van der Waals surface area contributed by atoms with Crippen molar-refractivity contribution in [3.8, 4) is 5.75 Å². The molecule has 1 fully saturated rings. The summed E-state index contributed by atoms with van der Waals surface area (Å²) < 4.78 is 5.64. The van der Waals surface area contributed by atoms with Gasteiger partial charge in [0.2, 0.25) is 0 Å². The van der Waals surface area contributed by atoms with E-state index in [9.17, 15) is 0 Å². The van der Waals surface area contributed by atoms with Crippen molar-refractivity contribution in [3.05, 3.63) is 30.3 Å². The Kier molecular flexibility index (Phi) is 3.62. The van der Waals surface area contributed by atoms with Crippen LogP contribution in [0.3, 0.4) is 0 Å². The molecule has 1 aliphatic heterocycles. The van der Waals surface area contributed by atoms with Crippen LogP contribution < -0.4 is 4.74 Å². The van der Waals surface area contributed by atoms with Crippen molar-refractivity contribution < 1.29 is 4.74 Å². The molecule has 0 bridgehead atoms. The zero-order valence-corrected chi connectivity index (χ0v) is 9.36. The first-order valence-electron chi connectivity index (χ1n) is 5.78. The van der Waals surface area contributed by atoms with E-state index in [1.54, 1.807) is 0 Å². The predicted octanol–water partition coefficient (Wildman–Crippen LogP) is 2.41. The van der Waals surface area contributed by atoms with Gasteiger partial charge in [0, 0.05) is 19.6 Å². The third kappa shape index (κ3) is 2.96. The Hall–Kier alpha value is -1.02. The second-order valence-corrected chi connectivity index (χ2v) is 4.20. The Labute approximate surface area is 91.9 Å². The average molecular weight is 205 g/mol. The van der Waals surface area contributed by atoms with Gasteiger partial charge in [-0.3, -0.25) is 4.90 Å². The van der Waals surface area contributed by atoms with Crippen LogP contribution in [0.2, 0.25) is 0 Å². The summed E-state index contributed by atoms with van der Waals surface area (Å²) in [5.41, 5.74) is 0. The van der Waals surface area contributed by atoms with Crippen molar-refractivity contribution in [3.63, 3.8) is 0 Å². The van der Waals surface area contributed by atoms with Crippen LogP contribution in [0.25, 0.3) is 0 Å². The van der Waals surface area contributed by atoms with Gasteiger partial charge < -0.3 is 4.74 Å². The lowest BCUT2D eigenvalue weighted by Gasteiger charge is -2.38. The summed E-state index contributed by atoms with van der Waals surface area (Å²) in [6.07, 6.45) is 1.32. The number of rotatable bonds is 5. The molecule has 2 heteroatoms. The van der Waals surface area contributed by atoms with Gasteiger partial charge in [0.1, 0.15) is 12.4 Å². The molecule has 0 spiro atoms.